The smallest absolute Gasteiger partial charge is 0.366 e. The second-order valence-corrected chi connectivity index (χ2v) is 2.96. The normalized spacial score (nSPS) is 10.7. The molecule has 0 unspecified atom stereocenters. The number of nitrogens with two attached hydrogens (primary N) is 1. The fourth-order valence-corrected chi connectivity index (χ4v) is 1.10. The molecule has 0 aromatic heterocycles. The van der Waals surface area contributed by atoms with Crippen molar-refractivity contribution in [3.63, 3.8) is 0 Å². The van der Waals surface area contributed by atoms with Crippen molar-refractivity contribution in [3.8, 4) is 0 Å². The molecule has 0 aliphatic carbocycles. The molecule has 0 fully saturated rings. The number of alkyl halides is 3. The van der Waals surface area contributed by atoms with Gasteiger partial charge >= 0.3 is 6.18 Å². The van der Waals surface area contributed by atoms with Crippen molar-refractivity contribution >= 4 is 29.9 Å². The van der Waals surface area contributed by atoms with Gasteiger partial charge in [0, 0.05) is 0 Å². The first kappa shape index (κ1) is 14.1. The van der Waals surface area contributed by atoms with Gasteiger partial charge in [0.05, 0.1) is 16.1 Å². The molecule has 1 amide bonds. The molecular weight excluding hydrogens is 254 g/mol. The van der Waals surface area contributed by atoms with Gasteiger partial charge in [-0.05, 0) is 18.2 Å². The Bertz CT molecular complexity index is 379. The predicted octanol–water partition coefficient (Wildman–Crippen LogP) is 2.88. The summed E-state index contributed by atoms with van der Waals surface area (Å²) in [5.41, 5.74) is 3.56. The van der Waals surface area contributed by atoms with Crippen molar-refractivity contribution in [1.29, 1.82) is 0 Å². The predicted molar refractivity (Wildman–Crippen MR) is 52.2 cm³/mol. The summed E-state index contributed by atoms with van der Waals surface area (Å²) in [5.74, 6) is -0.985. The average Bonchev–Trinajstić information content (AvgIpc) is 2.02. The van der Waals surface area contributed by atoms with E-state index in [1.54, 1.807) is 0 Å². The summed E-state index contributed by atoms with van der Waals surface area (Å²) in [6, 6.07) is 2.41. The van der Waals surface area contributed by atoms with Crippen molar-refractivity contribution in [2.75, 3.05) is 0 Å². The highest BCUT2D eigenvalue weighted by molar-refractivity contribution is 6.33. The van der Waals surface area contributed by atoms with Crippen molar-refractivity contribution in [2.45, 2.75) is 6.18 Å². The standard InChI is InChI=1S/C8H5ClF3NO.ClH/c9-6-2-1-4(8(10,11)12)3-5(6)7(13)14;/h1-3H,(H2,13,14);1H. The third-order valence-corrected chi connectivity index (χ3v) is 1.89. The molecule has 0 bridgehead atoms. The first-order chi connectivity index (χ1) is 6.32. The molecule has 15 heavy (non-hydrogen) atoms. The van der Waals surface area contributed by atoms with Crippen LogP contribution >= 0.6 is 24.0 Å². The molecule has 0 saturated carbocycles. The number of hydrogen-bond acceptors (Lipinski definition) is 1. The maximum atomic E-state index is 12.2. The number of primary amides is 1. The molecule has 0 atom stereocenters. The summed E-state index contributed by atoms with van der Waals surface area (Å²) in [7, 11) is 0. The van der Waals surface area contributed by atoms with E-state index in [2.05, 4.69) is 0 Å². The Morgan fingerprint density at radius 3 is 2.27 bits per heavy atom. The van der Waals surface area contributed by atoms with Crippen LogP contribution in [0.1, 0.15) is 15.9 Å². The van der Waals surface area contributed by atoms with Gasteiger partial charge in [-0.25, -0.2) is 0 Å². The average molecular weight is 260 g/mol. The Hall–Kier alpha value is -0.940. The first-order valence-electron chi connectivity index (χ1n) is 3.49. The van der Waals surface area contributed by atoms with Crippen LogP contribution in [-0.4, -0.2) is 5.91 Å². The fraction of sp³-hybridized carbons (Fsp3) is 0.125. The minimum atomic E-state index is -4.51. The zero-order chi connectivity index (χ0) is 10.9. The van der Waals surface area contributed by atoms with E-state index in [-0.39, 0.29) is 23.0 Å². The quantitative estimate of drug-likeness (QED) is 0.828. The SMILES string of the molecule is Cl.NC(=O)c1cc(C(F)(F)F)ccc1Cl. The number of benzene rings is 1. The fourth-order valence-electron chi connectivity index (χ4n) is 0.890. The Kier molecular flexibility index (Phi) is 4.42. The van der Waals surface area contributed by atoms with Gasteiger partial charge in [0.2, 0.25) is 5.91 Å². The third kappa shape index (κ3) is 3.28. The largest absolute Gasteiger partial charge is 0.416 e. The van der Waals surface area contributed by atoms with Crippen molar-refractivity contribution in [1.82, 2.24) is 0 Å². The number of rotatable bonds is 1. The lowest BCUT2D eigenvalue weighted by molar-refractivity contribution is -0.137. The number of amides is 1. The van der Waals surface area contributed by atoms with E-state index < -0.39 is 17.6 Å². The summed E-state index contributed by atoms with van der Waals surface area (Å²) in [6.45, 7) is 0. The van der Waals surface area contributed by atoms with Crippen LogP contribution in [0.3, 0.4) is 0 Å². The second kappa shape index (κ2) is 4.72. The maximum absolute atomic E-state index is 12.2. The molecule has 0 heterocycles. The maximum Gasteiger partial charge on any atom is 0.416 e. The first-order valence-corrected chi connectivity index (χ1v) is 3.86. The van der Waals surface area contributed by atoms with Gasteiger partial charge in [-0.3, -0.25) is 4.79 Å². The van der Waals surface area contributed by atoms with Crippen LogP contribution < -0.4 is 5.73 Å². The summed E-state index contributed by atoms with van der Waals surface area (Å²) < 4.78 is 36.5. The molecule has 1 aromatic rings. The summed E-state index contributed by atoms with van der Waals surface area (Å²) in [4.78, 5) is 10.7. The Balaban J connectivity index is 0.00000196. The zero-order valence-corrected chi connectivity index (χ0v) is 8.71. The van der Waals surface area contributed by atoms with Crippen LogP contribution in [0.15, 0.2) is 18.2 Å². The molecule has 0 saturated heterocycles. The van der Waals surface area contributed by atoms with Crippen LogP contribution in [0, 0.1) is 0 Å². The zero-order valence-electron chi connectivity index (χ0n) is 7.14. The van der Waals surface area contributed by atoms with Crippen LogP contribution in [-0.2, 0) is 6.18 Å². The molecule has 2 N–H and O–H groups in total. The van der Waals surface area contributed by atoms with Gasteiger partial charge in [0.15, 0.2) is 0 Å². The molecule has 0 spiro atoms. The lowest BCUT2D eigenvalue weighted by Gasteiger charge is -2.08. The summed E-state index contributed by atoms with van der Waals surface area (Å²) >= 11 is 5.47. The molecule has 0 aliphatic rings. The molecule has 0 radical (unpaired) electrons. The molecule has 1 rings (SSSR count). The Morgan fingerprint density at radius 1 is 1.33 bits per heavy atom. The summed E-state index contributed by atoms with van der Waals surface area (Å²) in [5, 5.41) is -0.0921. The van der Waals surface area contributed by atoms with E-state index in [1.807, 2.05) is 0 Å². The molecule has 7 heteroatoms. The van der Waals surface area contributed by atoms with E-state index >= 15 is 0 Å². The van der Waals surface area contributed by atoms with Gasteiger partial charge in [-0.15, -0.1) is 12.4 Å². The van der Waals surface area contributed by atoms with Crippen molar-refractivity contribution in [2.24, 2.45) is 5.73 Å². The van der Waals surface area contributed by atoms with E-state index in [1.165, 1.54) is 0 Å². The van der Waals surface area contributed by atoms with Crippen LogP contribution in [0.4, 0.5) is 13.2 Å². The number of halogens is 5. The van der Waals surface area contributed by atoms with Gasteiger partial charge in [-0.1, -0.05) is 11.6 Å². The monoisotopic (exact) mass is 259 g/mol. The van der Waals surface area contributed by atoms with E-state index in [9.17, 15) is 18.0 Å². The van der Waals surface area contributed by atoms with E-state index in [0.717, 1.165) is 12.1 Å². The van der Waals surface area contributed by atoms with E-state index in [4.69, 9.17) is 17.3 Å². The van der Waals surface area contributed by atoms with Gasteiger partial charge in [-0.2, -0.15) is 13.2 Å². The van der Waals surface area contributed by atoms with E-state index in [0.29, 0.717) is 6.07 Å². The summed E-state index contributed by atoms with van der Waals surface area (Å²) in [6.07, 6.45) is -4.51. The topological polar surface area (TPSA) is 43.1 Å². The lowest BCUT2D eigenvalue weighted by Crippen LogP contribution is -2.14. The van der Waals surface area contributed by atoms with Gasteiger partial charge in [0.1, 0.15) is 0 Å². The highest BCUT2D eigenvalue weighted by atomic mass is 35.5. The van der Waals surface area contributed by atoms with Gasteiger partial charge < -0.3 is 5.73 Å². The minimum Gasteiger partial charge on any atom is -0.366 e. The van der Waals surface area contributed by atoms with Gasteiger partial charge in [0.25, 0.3) is 0 Å². The number of carbonyl (C=O) groups is 1. The van der Waals surface area contributed by atoms with Crippen molar-refractivity contribution in [3.05, 3.63) is 34.3 Å². The highest BCUT2D eigenvalue weighted by Crippen LogP contribution is 2.31. The molecular formula is C8H6Cl2F3NO. The van der Waals surface area contributed by atoms with Crippen LogP contribution in [0.5, 0.6) is 0 Å². The second-order valence-electron chi connectivity index (χ2n) is 2.56. The molecule has 2 nitrogen and oxygen atoms in total. The number of carbonyl (C=O) groups excluding carboxylic acids is 1. The lowest BCUT2D eigenvalue weighted by atomic mass is 10.1. The van der Waals surface area contributed by atoms with Crippen molar-refractivity contribution < 1.29 is 18.0 Å². The van der Waals surface area contributed by atoms with Crippen LogP contribution in [0.2, 0.25) is 5.02 Å². The molecule has 84 valence electrons. The Morgan fingerprint density at radius 2 is 1.87 bits per heavy atom. The Labute approximate surface area is 94.6 Å². The molecule has 0 aliphatic heterocycles. The third-order valence-electron chi connectivity index (χ3n) is 1.56. The molecule has 1 aromatic carbocycles. The minimum absolute atomic E-state index is 0. The highest BCUT2D eigenvalue weighted by Gasteiger charge is 2.31. The van der Waals surface area contributed by atoms with Crippen LogP contribution in [0.25, 0.3) is 0 Å². The number of hydrogen-bond donors (Lipinski definition) is 1.